The number of halogens is 1. The van der Waals surface area contributed by atoms with Crippen molar-refractivity contribution in [2.24, 2.45) is 0 Å². The maximum absolute atomic E-state index is 11.4. The smallest absolute Gasteiger partial charge is 0.146 e. The van der Waals surface area contributed by atoms with E-state index in [1.165, 1.54) is 0 Å². The van der Waals surface area contributed by atoms with Gasteiger partial charge in [0.15, 0.2) is 0 Å². The molecule has 1 fully saturated rings. The fraction of sp³-hybridized carbons (Fsp3) is 0.462. The number of carbonyl (C=O) groups is 1. The van der Waals surface area contributed by atoms with Crippen molar-refractivity contribution in [1.29, 1.82) is 0 Å². The number of ketones is 1. The zero-order valence-electron chi connectivity index (χ0n) is 9.91. The minimum atomic E-state index is 0.338. The molecule has 4 heteroatoms. The first-order valence-electron chi connectivity index (χ1n) is 5.75. The van der Waals surface area contributed by atoms with E-state index >= 15 is 0 Å². The van der Waals surface area contributed by atoms with Crippen molar-refractivity contribution in [3.05, 3.63) is 28.2 Å². The Morgan fingerprint density at radius 3 is 3.00 bits per heavy atom. The maximum Gasteiger partial charge on any atom is 0.146 e. The lowest BCUT2D eigenvalue weighted by molar-refractivity contribution is -0.122. The lowest BCUT2D eigenvalue weighted by atomic mass is 10.1. The van der Waals surface area contributed by atoms with Gasteiger partial charge in [-0.25, -0.2) is 0 Å². The number of piperidine rings is 1. The molecule has 1 aromatic carbocycles. The van der Waals surface area contributed by atoms with Crippen LogP contribution in [-0.4, -0.2) is 30.9 Å². The normalized spacial score (nSPS) is 17.2. The number of hydrogen-bond acceptors (Lipinski definition) is 3. The highest BCUT2D eigenvalue weighted by molar-refractivity contribution is 9.10. The van der Waals surface area contributed by atoms with E-state index in [4.69, 9.17) is 4.74 Å². The molecule has 92 valence electrons. The van der Waals surface area contributed by atoms with Crippen molar-refractivity contribution in [2.75, 3.05) is 20.2 Å². The van der Waals surface area contributed by atoms with E-state index in [1.807, 2.05) is 12.1 Å². The molecule has 0 radical (unpaired) electrons. The van der Waals surface area contributed by atoms with E-state index in [-0.39, 0.29) is 0 Å². The Hall–Kier alpha value is -0.870. The summed E-state index contributed by atoms with van der Waals surface area (Å²) in [6.45, 7) is 2.32. The van der Waals surface area contributed by atoms with E-state index in [0.29, 0.717) is 12.3 Å². The van der Waals surface area contributed by atoms with Gasteiger partial charge in [0, 0.05) is 23.0 Å². The summed E-state index contributed by atoms with van der Waals surface area (Å²) in [5.74, 6) is 1.22. The van der Waals surface area contributed by atoms with Gasteiger partial charge in [0.2, 0.25) is 0 Å². The molecule has 0 aliphatic carbocycles. The summed E-state index contributed by atoms with van der Waals surface area (Å²) in [5.41, 5.74) is 1.12. The van der Waals surface area contributed by atoms with E-state index < -0.39 is 0 Å². The second-order valence-electron chi connectivity index (χ2n) is 4.31. The van der Waals surface area contributed by atoms with Crippen LogP contribution in [0.1, 0.15) is 18.4 Å². The molecule has 2 rings (SSSR count). The molecular formula is C13H16BrNO2. The summed E-state index contributed by atoms with van der Waals surface area (Å²) >= 11 is 3.46. The molecule has 0 spiro atoms. The number of nitrogens with zero attached hydrogens (tertiary/aromatic N) is 1. The minimum Gasteiger partial charge on any atom is -0.496 e. The van der Waals surface area contributed by atoms with Crippen LogP contribution in [0.5, 0.6) is 5.75 Å². The standard InChI is InChI=1S/C13H16BrNO2/c1-17-13-5-4-11(14)7-10(13)8-15-6-2-3-12(16)9-15/h4-5,7H,2-3,6,8-9H2,1H3. The molecule has 0 unspecified atom stereocenters. The Morgan fingerprint density at radius 2 is 2.29 bits per heavy atom. The molecule has 1 aliphatic rings. The first kappa shape index (κ1) is 12.6. The summed E-state index contributed by atoms with van der Waals surface area (Å²) < 4.78 is 6.37. The van der Waals surface area contributed by atoms with Crippen LogP contribution in [0.3, 0.4) is 0 Å². The first-order chi connectivity index (χ1) is 8.19. The molecule has 17 heavy (non-hydrogen) atoms. The van der Waals surface area contributed by atoms with Gasteiger partial charge in [-0.15, -0.1) is 0 Å². The summed E-state index contributed by atoms with van der Waals surface area (Å²) in [7, 11) is 1.67. The lowest BCUT2D eigenvalue weighted by Crippen LogP contribution is -2.35. The van der Waals surface area contributed by atoms with Crippen molar-refractivity contribution < 1.29 is 9.53 Å². The van der Waals surface area contributed by atoms with Crippen molar-refractivity contribution >= 4 is 21.7 Å². The highest BCUT2D eigenvalue weighted by Crippen LogP contribution is 2.25. The topological polar surface area (TPSA) is 29.5 Å². The van der Waals surface area contributed by atoms with Gasteiger partial charge in [-0.3, -0.25) is 9.69 Å². The van der Waals surface area contributed by atoms with Gasteiger partial charge in [-0.05, 0) is 31.2 Å². The van der Waals surface area contributed by atoms with Crippen molar-refractivity contribution in [3.8, 4) is 5.75 Å². The van der Waals surface area contributed by atoms with Gasteiger partial charge in [0.05, 0.1) is 13.7 Å². The second kappa shape index (κ2) is 5.65. The van der Waals surface area contributed by atoms with Crippen LogP contribution in [0, 0.1) is 0 Å². The minimum absolute atomic E-state index is 0.338. The Kier molecular flexibility index (Phi) is 4.18. The molecule has 0 atom stereocenters. The van der Waals surface area contributed by atoms with Gasteiger partial charge in [-0.2, -0.15) is 0 Å². The number of carbonyl (C=O) groups excluding carboxylic acids is 1. The summed E-state index contributed by atoms with van der Waals surface area (Å²) in [6.07, 6.45) is 1.70. The van der Waals surface area contributed by atoms with Gasteiger partial charge in [0.25, 0.3) is 0 Å². The molecule has 0 saturated carbocycles. The Morgan fingerprint density at radius 1 is 1.47 bits per heavy atom. The van der Waals surface area contributed by atoms with E-state index in [1.54, 1.807) is 7.11 Å². The van der Waals surface area contributed by atoms with E-state index in [0.717, 1.165) is 41.7 Å². The first-order valence-corrected chi connectivity index (χ1v) is 6.55. The molecule has 0 aromatic heterocycles. The monoisotopic (exact) mass is 297 g/mol. The number of ether oxygens (including phenoxy) is 1. The fourth-order valence-electron chi connectivity index (χ4n) is 2.15. The van der Waals surface area contributed by atoms with Crippen LogP contribution in [-0.2, 0) is 11.3 Å². The van der Waals surface area contributed by atoms with Gasteiger partial charge < -0.3 is 4.74 Å². The Balaban J connectivity index is 2.11. The van der Waals surface area contributed by atoms with Crippen molar-refractivity contribution in [2.45, 2.75) is 19.4 Å². The molecule has 1 aromatic rings. The number of likely N-dealkylation sites (tertiary alicyclic amines) is 1. The number of benzene rings is 1. The third kappa shape index (κ3) is 3.30. The number of rotatable bonds is 3. The van der Waals surface area contributed by atoms with E-state index in [2.05, 4.69) is 26.9 Å². The SMILES string of the molecule is COc1ccc(Br)cc1CN1CCCC(=O)C1. The second-order valence-corrected chi connectivity index (χ2v) is 5.22. The molecule has 0 N–H and O–H groups in total. The molecule has 1 aliphatic heterocycles. The van der Waals surface area contributed by atoms with Crippen LogP contribution < -0.4 is 4.74 Å². The predicted octanol–water partition coefficient (Wildman–Crippen LogP) is 2.62. The Bertz CT molecular complexity index is 420. The average Bonchev–Trinajstić information content (AvgIpc) is 2.29. The maximum atomic E-state index is 11.4. The molecule has 1 saturated heterocycles. The predicted molar refractivity (Wildman–Crippen MR) is 70.2 cm³/mol. The molecule has 0 amide bonds. The highest BCUT2D eigenvalue weighted by Gasteiger charge is 2.18. The van der Waals surface area contributed by atoms with Gasteiger partial charge >= 0.3 is 0 Å². The van der Waals surface area contributed by atoms with Gasteiger partial charge in [-0.1, -0.05) is 15.9 Å². The van der Waals surface area contributed by atoms with Gasteiger partial charge in [0.1, 0.15) is 11.5 Å². The van der Waals surface area contributed by atoms with E-state index in [9.17, 15) is 4.79 Å². The summed E-state index contributed by atoms with van der Waals surface area (Å²) in [6, 6.07) is 5.97. The highest BCUT2D eigenvalue weighted by atomic mass is 79.9. The molecule has 3 nitrogen and oxygen atoms in total. The van der Waals surface area contributed by atoms with Crippen LogP contribution in [0.15, 0.2) is 22.7 Å². The third-order valence-corrected chi connectivity index (χ3v) is 3.46. The molecular weight excluding hydrogens is 282 g/mol. The summed E-state index contributed by atoms with van der Waals surface area (Å²) in [5, 5.41) is 0. The fourth-order valence-corrected chi connectivity index (χ4v) is 2.56. The zero-order chi connectivity index (χ0) is 12.3. The van der Waals surface area contributed by atoms with Crippen molar-refractivity contribution in [3.63, 3.8) is 0 Å². The molecule has 0 bridgehead atoms. The zero-order valence-corrected chi connectivity index (χ0v) is 11.5. The van der Waals surface area contributed by atoms with Crippen LogP contribution in [0.4, 0.5) is 0 Å². The average molecular weight is 298 g/mol. The lowest BCUT2D eigenvalue weighted by Gasteiger charge is -2.26. The molecule has 1 heterocycles. The quantitative estimate of drug-likeness (QED) is 0.859. The third-order valence-electron chi connectivity index (χ3n) is 2.97. The van der Waals surface area contributed by atoms with Crippen LogP contribution in [0.2, 0.25) is 0 Å². The Labute approximate surface area is 110 Å². The van der Waals surface area contributed by atoms with Crippen LogP contribution >= 0.6 is 15.9 Å². The number of methoxy groups -OCH3 is 1. The largest absolute Gasteiger partial charge is 0.496 e. The van der Waals surface area contributed by atoms with Crippen molar-refractivity contribution in [1.82, 2.24) is 4.90 Å². The number of Topliss-reactive ketones (excluding diaryl/α,β-unsaturated/α-hetero) is 1. The summed E-state index contributed by atoms with van der Waals surface area (Å²) in [4.78, 5) is 13.6. The number of hydrogen-bond donors (Lipinski definition) is 0. The van der Waals surface area contributed by atoms with Crippen LogP contribution in [0.25, 0.3) is 0 Å².